The van der Waals surface area contributed by atoms with Crippen molar-refractivity contribution in [2.24, 2.45) is 0 Å². The van der Waals surface area contributed by atoms with Gasteiger partial charge >= 0.3 is 0 Å². The number of rotatable bonds is 8. The van der Waals surface area contributed by atoms with E-state index in [2.05, 4.69) is 30.2 Å². The van der Waals surface area contributed by atoms with Gasteiger partial charge in [-0.05, 0) is 32.4 Å². The Labute approximate surface area is 110 Å². The Bertz CT molecular complexity index is 327. The van der Waals surface area contributed by atoms with Gasteiger partial charge in [-0.25, -0.2) is 4.98 Å². The third-order valence-corrected chi connectivity index (χ3v) is 2.68. The molecule has 0 radical (unpaired) electrons. The summed E-state index contributed by atoms with van der Waals surface area (Å²) in [6.45, 7) is 7.85. The number of nitrogens with one attached hydrogen (secondary N) is 1. The summed E-state index contributed by atoms with van der Waals surface area (Å²) in [4.78, 5) is 4.31. The van der Waals surface area contributed by atoms with Crippen LogP contribution in [0.15, 0.2) is 18.3 Å². The lowest BCUT2D eigenvalue weighted by molar-refractivity contribution is 0.0889. The molecule has 0 bridgehead atoms. The van der Waals surface area contributed by atoms with Gasteiger partial charge in [-0.2, -0.15) is 0 Å². The molecule has 1 heterocycles. The monoisotopic (exact) mass is 252 g/mol. The van der Waals surface area contributed by atoms with E-state index in [4.69, 9.17) is 9.47 Å². The maximum absolute atomic E-state index is 5.61. The number of ether oxygens (including phenoxy) is 2. The van der Waals surface area contributed by atoms with Gasteiger partial charge in [0.1, 0.15) is 6.10 Å². The molecule has 1 N–H and O–H groups in total. The molecule has 1 rings (SSSR count). The number of hydrogen-bond acceptors (Lipinski definition) is 4. The summed E-state index contributed by atoms with van der Waals surface area (Å²) >= 11 is 0. The maximum atomic E-state index is 5.61. The normalized spacial score (nSPS) is 14.2. The van der Waals surface area contributed by atoms with Crippen LogP contribution >= 0.6 is 0 Å². The SMILES string of the molecule is CCCNC(C)c1ccc(OC(C)COC)nc1. The maximum Gasteiger partial charge on any atom is 0.213 e. The summed E-state index contributed by atoms with van der Waals surface area (Å²) in [5.41, 5.74) is 1.18. The molecule has 0 fully saturated rings. The fourth-order valence-corrected chi connectivity index (χ4v) is 1.67. The Hall–Kier alpha value is -1.13. The number of methoxy groups -OCH3 is 1. The van der Waals surface area contributed by atoms with E-state index < -0.39 is 0 Å². The molecular weight excluding hydrogens is 228 g/mol. The second-order valence-corrected chi connectivity index (χ2v) is 4.49. The lowest BCUT2D eigenvalue weighted by Crippen LogP contribution is -2.20. The average molecular weight is 252 g/mol. The molecule has 0 aliphatic heterocycles. The van der Waals surface area contributed by atoms with E-state index in [9.17, 15) is 0 Å². The van der Waals surface area contributed by atoms with Crippen LogP contribution in [0.5, 0.6) is 5.88 Å². The zero-order chi connectivity index (χ0) is 13.4. The first kappa shape index (κ1) is 14.9. The molecule has 1 aromatic heterocycles. The number of hydrogen-bond donors (Lipinski definition) is 1. The third-order valence-electron chi connectivity index (χ3n) is 2.68. The second kappa shape index (κ2) is 8.06. The van der Waals surface area contributed by atoms with Crippen LogP contribution in [0.1, 0.15) is 38.8 Å². The van der Waals surface area contributed by atoms with Gasteiger partial charge in [0.05, 0.1) is 6.61 Å². The summed E-state index contributed by atoms with van der Waals surface area (Å²) in [6, 6.07) is 4.28. The molecule has 0 saturated carbocycles. The molecule has 4 heteroatoms. The van der Waals surface area contributed by atoms with E-state index in [1.807, 2.05) is 19.2 Å². The molecule has 0 amide bonds. The van der Waals surface area contributed by atoms with Crippen molar-refractivity contribution >= 4 is 0 Å². The van der Waals surface area contributed by atoms with Crippen molar-refractivity contribution in [1.29, 1.82) is 0 Å². The second-order valence-electron chi connectivity index (χ2n) is 4.49. The van der Waals surface area contributed by atoms with E-state index in [0.717, 1.165) is 13.0 Å². The van der Waals surface area contributed by atoms with Crippen LogP contribution in [-0.4, -0.2) is 31.3 Å². The van der Waals surface area contributed by atoms with Crippen molar-refractivity contribution in [2.75, 3.05) is 20.3 Å². The highest BCUT2D eigenvalue weighted by Gasteiger charge is 2.07. The van der Waals surface area contributed by atoms with Gasteiger partial charge in [0.2, 0.25) is 5.88 Å². The van der Waals surface area contributed by atoms with Crippen LogP contribution in [0.25, 0.3) is 0 Å². The quantitative estimate of drug-likeness (QED) is 0.772. The minimum atomic E-state index is 0.0176. The topological polar surface area (TPSA) is 43.4 Å². The highest BCUT2D eigenvalue weighted by atomic mass is 16.5. The van der Waals surface area contributed by atoms with Crippen LogP contribution in [-0.2, 0) is 4.74 Å². The highest BCUT2D eigenvalue weighted by molar-refractivity contribution is 5.20. The zero-order valence-electron chi connectivity index (χ0n) is 11.8. The first-order chi connectivity index (χ1) is 8.67. The van der Waals surface area contributed by atoms with E-state index in [1.54, 1.807) is 7.11 Å². The molecule has 102 valence electrons. The summed E-state index contributed by atoms with van der Waals surface area (Å²) < 4.78 is 10.6. The molecule has 0 saturated heterocycles. The number of pyridine rings is 1. The molecule has 0 aliphatic carbocycles. The largest absolute Gasteiger partial charge is 0.472 e. The van der Waals surface area contributed by atoms with Crippen molar-refractivity contribution in [3.05, 3.63) is 23.9 Å². The third kappa shape index (κ3) is 5.02. The fraction of sp³-hybridized carbons (Fsp3) is 0.643. The summed E-state index contributed by atoms with van der Waals surface area (Å²) in [5.74, 6) is 0.644. The van der Waals surface area contributed by atoms with Crippen molar-refractivity contribution < 1.29 is 9.47 Å². The number of aromatic nitrogens is 1. The Morgan fingerprint density at radius 2 is 2.11 bits per heavy atom. The van der Waals surface area contributed by atoms with Gasteiger partial charge in [-0.3, -0.25) is 0 Å². The Morgan fingerprint density at radius 3 is 2.67 bits per heavy atom. The first-order valence-corrected chi connectivity index (χ1v) is 6.52. The minimum Gasteiger partial charge on any atom is -0.472 e. The molecule has 2 unspecified atom stereocenters. The van der Waals surface area contributed by atoms with Crippen molar-refractivity contribution in [2.45, 2.75) is 39.3 Å². The van der Waals surface area contributed by atoms with Crippen molar-refractivity contribution in [3.63, 3.8) is 0 Å². The molecule has 0 spiro atoms. The molecule has 2 atom stereocenters. The molecule has 1 aromatic rings. The van der Waals surface area contributed by atoms with E-state index >= 15 is 0 Å². The summed E-state index contributed by atoms with van der Waals surface area (Å²) in [5, 5.41) is 3.43. The van der Waals surface area contributed by atoms with Crippen LogP contribution < -0.4 is 10.1 Å². The molecule has 18 heavy (non-hydrogen) atoms. The van der Waals surface area contributed by atoms with Crippen LogP contribution in [0, 0.1) is 0 Å². The highest BCUT2D eigenvalue weighted by Crippen LogP contribution is 2.15. The van der Waals surface area contributed by atoms with E-state index in [0.29, 0.717) is 18.5 Å². The predicted molar refractivity (Wildman–Crippen MR) is 72.9 cm³/mol. The zero-order valence-corrected chi connectivity index (χ0v) is 11.8. The standard InChI is InChI=1S/C14H24N2O2/c1-5-8-15-12(3)13-6-7-14(16-9-13)18-11(2)10-17-4/h6-7,9,11-12,15H,5,8,10H2,1-4H3. The Morgan fingerprint density at radius 1 is 1.33 bits per heavy atom. The minimum absolute atomic E-state index is 0.0176. The smallest absolute Gasteiger partial charge is 0.213 e. The van der Waals surface area contributed by atoms with Crippen LogP contribution in [0.4, 0.5) is 0 Å². The lowest BCUT2D eigenvalue weighted by atomic mass is 10.1. The number of nitrogens with zero attached hydrogens (tertiary/aromatic N) is 1. The average Bonchev–Trinajstić information content (AvgIpc) is 2.37. The molecule has 0 aromatic carbocycles. The lowest BCUT2D eigenvalue weighted by Gasteiger charge is -2.15. The van der Waals surface area contributed by atoms with Gasteiger partial charge in [-0.15, -0.1) is 0 Å². The van der Waals surface area contributed by atoms with Crippen molar-refractivity contribution in [1.82, 2.24) is 10.3 Å². The van der Waals surface area contributed by atoms with E-state index in [1.165, 1.54) is 5.56 Å². The summed E-state index contributed by atoms with van der Waals surface area (Å²) in [7, 11) is 1.66. The molecule has 0 aliphatic rings. The van der Waals surface area contributed by atoms with Gasteiger partial charge in [0.25, 0.3) is 0 Å². The predicted octanol–water partition coefficient (Wildman–Crippen LogP) is 2.56. The van der Waals surface area contributed by atoms with E-state index in [-0.39, 0.29) is 6.10 Å². The Kier molecular flexibility index (Phi) is 6.68. The van der Waals surface area contributed by atoms with Gasteiger partial charge in [0.15, 0.2) is 0 Å². The van der Waals surface area contributed by atoms with Gasteiger partial charge in [-0.1, -0.05) is 13.0 Å². The molecule has 4 nitrogen and oxygen atoms in total. The molecular formula is C14H24N2O2. The first-order valence-electron chi connectivity index (χ1n) is 6.52. The summed E-state index contributed by atoms with van der Waals surface area (Å²) in [6.07, 6.45) is 3.01. The van der Waals surface area contributed by atoms with Gasteiger partial charge < -0.3 is 14.8 Å². The fourth-order valence-electron chi connectivity index (χ4n) is 1.67. The van der Waals surface area contributed by atoms with Crippen molar-refractivity contribution in [3.8, 4) is 5.88 Å². The van der Waals surface area contributed by atoms with Crippen LogP contribution in [0.2, 0.25) is 0 Å². The van der Waals surface area contributed by atoms with Crippen LogP contribution in [0.3, 0.4) is 0 Å². The van der Waals surface area contributed by atoms with Gasteiger partial charge in [0, 0.05) is 25.4 Å². The Balaban J connectivity index is 2.51.